The minimum absolute atomic E-state index is 0.185. The van der Waals surface area contributed by atoms with E-state index < -0.39 is 5.91 Å². The molecule has 0 aliphatic heterocycles. The van der Waals surface area contributed by atoms with E-state index in [4.69, 9.17) is 9.47 Å². The maximum atomic E-state index is 14.1. The van der Waals surface area contributed by atoms with Gasteiger partial charge in [-0.15, -0.1) is 11.3 Å². The van der Waals surface area contributed by atoms with Gasteiger partial charge in [0.05, 0.1) is 31.2 Å². The highest BCUT2D eigenvalue weighted by Crippen LogP contribution is 2.35. The molecule has 2 heterocycles. The molecule has 2 N–H and O–H groups in total. The number of benzene rings is 2. The molecule has 9 heteroatoms. The van der Waals surface area contributed by atoms with Crippen LogP contribution < -0.4 is 20.1 Å². The molecule has 2 aromatic carbocycles. The first kappa shape index (κ1) is 23.2. The number of ketones is 1. The van der Waals surface area contributed by atoms with Crippen molar-refractivity contribution in [2.75, 3.05) is 33.1 Å². The van der Waals surface area contributed by atoms with Crippen LogP contribution in [0.3, 0.4) is 0 Å². The van der Waals surface area contributed by atoms with Crippen LogP contribution in [0.2, 0.25) is 0 Å². The molecule has 34 heavy (non-hydrogen) atoms. The Kier molecular flexibility index (Phi) is 6.74. The van der Waals surface area contributed by atoms with Crippen LogP contribution in [0, 0.1) is 5.82 Å². The summed E-state index contributed by atoms with van der Waals surface area (Å²) >= 11 is 1.28. The smallest absolute Gasteiger partial charge is 0.251 e. The number of carbonyl (C=O) groups is 2. The topological polar surface area (TPSA) is 89.6 Å². The molecule has 0 saturated heterocycles. The van der Waals surface area contributed by atoms with Crippen LogP contribution in [0.25, 0.3) is 21.3 Å². The van der Waals surface area contributed by atoms with Gasteiger partial charge in [-0.1, -0.05) is 12.1 Å². The number of nitrogens with zero attached hydrogens (tertiary/aromatic N) is 1. The Labute approximate surface area is 199 Å². The second-order valence-corrected chi connectivity index (χ2v) is 8.20. The SMILES string of the molecule is CNc1cc(C(=O)CNC(=O)c2ccc(OC)c(OC)c2)nc(-c2csc3c(F)cccc23)c1. The lowest BCUT2D eigenvalue weighted by Crippen LogP contribution is -2.30. The van der Waals surface area contributed by atoms with Crippen molar-refractivity contribution in [1.82, 2.24) is 10.3 Å². The average molecular weight is 480 g/mol. The van der Waals surface area contributed by atoms with Gasteiger partial charge in [0.2, 0.25) is 0 Å². The Morgan fingerprint density at radius 3 is 2.59 bits per heavy atom. The van der Waals surface area contributed by atoms with Gasteiger partial charge in [-0.3, -0.25) is 9.59 Å². The number of anilines is 1. The first-order chi connectivity index (χ1) is 16.4. The number of halogens is 1. The predicted molar refractivity (Wildman–Crippen MR) is 131 cm³/mol. The van der Waals surface area contributed by atoms with Crippen LogP contribution >= 0.6 is 11.3 Å². The number of aromatic nitrogens is 1. The standard InChI is InChI=1S/C25H22FN3O4S/c1-27-15-10-19(17-13-34-24-16(17)5-4-6-18(24)26)29-20(11-15)21(30)12-28-25(31)14-7-8-22(32-2)23(9-14)33-3/h4-11,13H,12H2,1-3H3,(H,27,29)(H,28,31). The second-order valence-electron chi connectivity index (χ2n) is 7.32. The highest BCUT2D eigenvalue weighted by atomic mass is 32.1. The minimum Gasteiger partial charge on any atom is -0.493 e. The Morgan fingerprint density at radius 1 is 1.06 bits per heavy atom. The second kappa shape index (κ2) is 9.88. The number of carbonyl (C=O) groups excluding carboxylic acids is 2. The maximum Gasteiger partial charge on any atom is 0.251 e. The molecule has 1 amide bonds. The van der Waals surface area contributed by atoms with Crippen molar-refractivity contribution in [3.05, 3.63) is 71.0 Å². The molecule has 0 fully saturated rings. The lowest BCUT2D eigenvalue weighted by atomic mass is 10.1. The summed E-state index contributed by atoms with van der Waals surface area (Å²) in [4.78, 5) is 30.0. The zero-order chi connectivity index (χ0) is 24.2. The van der Waals surface area contributed by atoms with E-state index in [1.807, 2.05) is 11.4 Å². The molecule has 4 rings (SSSR count). The molecule has 0 spiro atoms. The van der Waals surface area contributed by atoms with E-state index in [0.717, 1.165) is 10.9 Å². The van der Waals surface area contributed by atoms with Crippen LogP contribution in [0.5, 0.6) is 11.5 Å². The summed E-state index contributed by atoms with van der Waals surface area (Å²) in [6, 6.07) is 13.0. The molecule has 0 unspecified atom stereocenters. The van der Waals surface area contributed by atoms with Crippen LogP contribution in [0.1, 0.15) is 20.8 Å². The number of hydrogen-bond acceptors (Lipinski definition) is 7. The van der Waals surface area contributed by atoms with Gasteiger partial charge < -0.3 is 20.1 Å². The number of thiophene rings is 1. The van der Waals surface area contributed by atoms with Gasteiger partial charge in [-0.25, -0.2) is 9.37 Å². The monoisotopic (exact) mass is 479 g/mol. The third kappa shape index (κ3) is 4.55. The number of hydrogen-bond donors (Lipinski definition) is 2. The van der Waals surface area contributed by atoms with E-state index in [9.17, 15) is 14.0 Å². The predicted octanol–water partition coefficient (Wildman–Crippen LogP) is 4.77. The van der Waals surface area contributed by atoms with Gasteiger partial charge in [-0.2, -0.15) is 0 Å². The Balaban J connectivity index is 1.57. The lowest BCUT2D eigenvalue weighted by molar-refractivity contribution is 0.0902. The van der Waals surface area contributed by atoms with E-state index in [1.165, 1.54) is 37.7 Å². The van der Waals surface area contributed by atoms with Crippen molar-refractivity contribution < 1.29 is 23.5 Å². The van der Waals surface area contributed by atoms with Gasteiger partial charge in [0.15, 0.2) is 17.3 Å². The molecule has 0 bridgehead atoms. The van der Waals surface area contributed by atoms with E-state index in [-0.39, 0.29) is 23.8 Å². The third-order valence-corrected chi connectivity index (χ3v) is 6.29. The number of methoxy groups -OCH3 is 2. The summed E-state index contributed by atoms with van der Waals surface area (Å²) in [5.41, 5.74) is 2.47. The summed E-state index contributed by atoms with van der Waals surface area (Å²) in [6.07, 6.45) is 0. The van der Waals surface area contributed by atoms with E-state index in [0.29, 0.717) is 33.1 Å². The molecule has 0 saturated carbocycles. The highest BCUT2D eigenvalue weighted by molar-refractivity contribution is 7.17. The van der Waals surface area contributed by atoms with E-state index in [2.05, 4.69) is 15.6 Å². The Hall–Kier alpha value is -3.98. The molecule has 0 atom stereocenters. The van der Waals surface area contributed by atoms with Crippen LogP contribution in [-0.4, -0.2) is 44.5 Å². The molecule has 174 valence electrons. The Bertz CT molecular complexity index is 1390. The van der Waals surface area contributed by atoms with Crippen molar-refractivity contribution in [3.8, 4) is 22.8 Å². The van der Waals surface area contributed by atoms with Crippen molar-refractivity contribution in [3.63, 3.8) is 0 Å². The number of nitrogens with one attached hydrogen (secondary N) is 2. The fourth-order valence-corrected chi connectivity index (χ4v) is 4.48. The van der Waals surface area contributed by atoms with Crippen LogP contribution in [0.15, 0.2) is 53.9 Å². The molecule has 0 aliphatic rings. The fraction of sp³-hybridized carbons (Fsp3) is 0.160. The molecule has 2 aromatic heterocycles. The van der Waals surface area contributed by atoms with Gasteiger partial charge in [-0.05, 0) is 36.4 Å². The summed E-state index contributed by atoms with van der Waals surface area (Å²) in [5.74, 6) is -0.185. The molecule has 7 nitrogen and oxygen atoms in total. The number of ether oxygens (including phenoxy) is 2. The number of fused-ring (bicyclic) bond motifs is 1. The van der Waals surface area contributed by atoms with Crippen molar-refractivity contribution in [1.29, 1.82) is 0 Å². The van der Waals surface area contributed by atoms with E-state index in [1.54, 1.807) is 37.4 Å². The first-order valence-electron chi connectivity index (χ1n) is 10.3. The molecular weight excluding hydrogens is 457 g/mol. The minimum atomic E-state index is -0.432. The molecule has 4 aromatic rings. The van der Waals surface area contributed by atoms with Crippen molar-refractivity contribution >= 4 is 38.8 Å². The van der Waals surface area contributed by atoms with Gasteiger partial charge in [0, 0.05) is 34.6 Å². The number of Topliss-reactive ketones (excluding diaryl/α,β-unsaturated/α-hetero) is 1. The summed E-state index contributed by atoms with van der Waals surface area (Å²) in [6.45, 7) is -0.244. The van der Waals surface area contributed by atoms with Crippen molar-refractivity contribution in [2.24, 2.45) is 0 Å². The van der Waals surface area contributed by atoms with Gasteiger partial charge >= 0.3 is 0 Å². The summed E-state index contributed by atoms with van der Waals surface area (Å²) in [5, 5.41) is 8.19. The Morgan fingerprint density at radius 2 is 1.85 bits per heavy atom. The van der Waals surface area contributed by atoms with Gasteiger partial charge in [0.1, 0.15) is 11.5 Å². The number of pyridine rings is 1. The van der Waals surface area contributed by atoms with Crippen LogP contribution in [-0.2, 0) is 0 Å². The summed E-state index contributed by atoms with van der Waals surface area (Å²) in [7, 11) is 4.72. The average Bonchev–Trinajstić information content (AvgIpc) is 3.31. The third-order valence-electron chi connectivity index (χ3n) is 5.28. The van der Waals surface area contributed by atoms with Crippen molar-refractivity contribution in [2.45, 2.75) is 0 Å². The van der Waals surface area contributed by atoms with E-state index >= 15 is 0 Å². The lowest BCUT2D eigenvalue weighted by Gasteiger charge is -2.11. The molecule has 0 aliphatic carbocycles. The van der Waals surface area contributed by atoms with Gasteiger partial charge in [0.25, 0.3) is 5.91 Å². The highest BCUT2D eigenvalue weighted by Gasteiger charge is 2.17. The molecular formula is C25H22FN3O4S. The first-order valence-corrected chi connectivity index (χ1v) is 11.2. The zero-order valence-electron chi connectivity index (χ0n) is 18.8. The molecule has 0 radical (unpaired) electrons. The van der Waals surface area contributed by atoms with Crippen LogP contribution in [0.4, 0.5) is 10.1 Å². The largest absolute Gasteiger partial charge is 0.493 e. The maximum absolute atomic E-state index is 14.1. The fourth-order valence-electron chi connectivity index (χ4n) is 3.51. The number of amides is 1. The number of rotatable bonds is 8. The quantitative estimate of drug-likeness (QED) is 0.354. The zero-order valence-corrected chi connectivity index (χ0v) is 19.6. The normalized spacial score (nSPS) is 10.7. The summed E-state index contributed by atoms with van der Waals surface area (Å²) < 4.78 is 25.1.